The van der Waals surface area contributed by atoms with Crippen LogP contribution < -0.4 is 10.5 Å². The SMILES string of the molecule is N#CC1CCCC1C(=O)C(N)Cc1c[nH]c2ccc(Oc3ccc(C(=O)OC(=O)C(F)(F)F)cc3)cc12. The first-order valence-corrected chi connectivity index (χ1v) is 11.5. The molecule has 8 nitrogen and oxygen atoms in total. The number of Topliss-reactive ketones (excluding diaryl/α,β-unsaturated/α-hetero) is 1. The summed E-state index contributed by atoms with van der Waals surface area (Å²) in [7, 11) is 0. The van der Waals surface area contributed by atoms with Crippen molar-refractivity contribution in [2.75, 3.05) is 0 Å². The second-order valence-electron chi connectivity index (χ2n) is 8.81. The molecule has 192 valence electrons. The van der Waals surface area contributed by atoms with Crippen molar-refractivity contribution in [3.63, 3.8) is 0 Å². The standard InChI is InChI=1S/C26H22F3N3O5/c27-26(28,29)25(35)37-24(34)14-4-6-17(7-5-14)36-18-8-9-22-20(11-18)16(13-32-22)10-21(31)23(33)19-3-1-2-15(19)12-30/h4-9,11,13,15,19,21,32H,1-3,10,31H2. The lowest BCUT2D eigenvalue weighted by molar-refractivity contribution is -0.193. The highest BCUT2D eigenvalue weighted by Crippen LogP contribution is 2.33. The third kappa shape index (κ3) is 5.81. The summed E-state index contributed by atoms with van der Waals surface area (Å²) in [5, 5.41) is 10.1. The Bertz CT molecular complexity index is 1370. The van der Waals surface area contributed by atoms with Gasteiger partial charge >= 0.3 is 18.1 Å². The summed E-state index contributed by atoms with van der Waals surface area (Å²) >= 11 is 0. The van der Waals surface area contributed by atoms with Crippen molar-refractivity contribution in [1.29, 1.82) is 5.26 Å². The number of rotatable bonds is 7. The van der Waals surface area contributed by atoms with Crippen LogP contribution in [-0.2, 0) is 20.7 Å². The number of aromatic amines is 1. The molecule has 0 amide bonds. The van der Waals surface area contributed by atoms with Crippen molar-refractivity contribution in [3.8, 4) is 17.6 Å². The van der Waals surface area contributed by atoms with Crippen LogP contribution >= 0.6 is 0 Å². The van der Waals surface area contributed by atoms with E-state index in [1.165, 1.54) is 24.3 Å². The molecule has 1 fully saturated rings. The number of esters is 2. The Hall–Kier alpha value is -4.17. The lowest BCUT2D eigenvalue weighted by Crippen LogP contribution is -2.38. The van der Waals surface area contributed by atoms with Crippen LogP contribution in [0.25, 0.3) is 10.9 Å². The second-order valence-corrected chi connectivity index (χ2v) is 8.81. The van der Waals surface area contributed by atoms with Crippen LogP contribution in [0.3, 0.4) is 0 Å². The van der Waals surface area contributed by atoms with Gasteiger partial charge in [0.05, 0.1) is 23.6 Å². The first-order chi connectivity index (χ1) is 17.6. The minimum Gasteiger partial charge on any atom is -0.457 e. The van der Waals surface area contributed by atoms with Crippen LogP contribution in [0.15, 0.2) is 48.7 Å². The number of nitrogens with one attached hydrogen (secondary N) is 1. The van der Waals surface area contributed by atoms with E-state index in [4.69, 9.17) is 10.5 Å². The summed E-state index contributed by atoms with van der Waals surface area (Å²) in [5.41, 5.74) is 7.57. The Morgan fingerprint density at radius 3 is 2.49 bits per heavy atom. The summed E-state index contributed by atoms with van der Waals surface area (Å²) in [4.78, 5) is 38.6. The van der Waals surface area contributed by atoms with E-state index in [9.17, 15) is 32.8 Å². The maximum atomic E-state index is 12.9. The number of ether oxygens (including phenoxy) is 2. The first kappa shape index (κ1) is 25.9. The largest absolute Gasteiger partial charge is 0.491 e. The molecule has 1 aliphatic carbocycles. The van der Waals surface area contributed by atoms with Gasteiger partial charge in [0, 0.05) is 23.0 Å². The van der Waals surface area contributed by atoms with E-state index in [0.717, 1.165) is 22.9 Å². The zero-order valence-electron chi connectivity index (χ0n) is 19.4. The minimum absolute atomic E-state index is 0.110. The third-order valence-corrected chi connectivity index (χ3v) is 6.33. The molecule has 3 atom stereocenters. The van der Waals surface area contributed by atoms with Gasteiger partial charge in [-0.15, -0.1) is 0 Å². The number of benzene rings is 2. The quantitative estimate of drug-likeness (QED) is 0.349. The molecule has 1 saturated carbocycles. The fraction of sp³-hybridized carbons (Fsp3) is 0.308. The van der Waals surface area contributed by atoms with E-state index >= 15 is 0 Å². The van der Waals surface area contributed by atoms with Crippen LogP contribution in [0.1, 0.15) is 35.2 Å². The maximum absolute atomic E-state index is 12.9. The van der Waals surface area contributed by atoms with E-state index in [0.29, 0.717) is 18.6 Å². The molecular weight excluding hydrogens is 491 g/mol. The number of fused-ring (bicyclic) bond motifs is 1. The van der Waals surface area contributed by atoms with Gasteiger partial charge in [-0.25, -0.2) is 9.59 Å². The lowest BCUT2D eigenvalue weighted by atomic mass is 9.87. The van der Waals surface area contributed by atoms with Crippen molar-refractivity contribution in [2.24, 2.45) is 17.6 Å². The van der Waals surface area contributed by atoms with Gasteiger partial charge in [-0.3, -0.25) is 4.79 Å². The van der Waals surface area contributed by atoms with Crippen molar-refractivity contribution in [1.82, 2.24) is 4.98 Å². The molecule has 1 aliphatic rings. The Kier molecular flexibility index (Phi) is 7.31. The summed E-state index contributed by atoms with van der Waals surface area (Å²) in [6.45, 7) is 0. The Morgan fingerprint density at radius 2 is 1.81 bits per heavy atom. The predicted molar refractivity (Wildman–Crippen MR) is 124 cm³/mol. The molecule has 2 aromatic carbocycles. The van der Waals surface area contributed by atoms with Gasteiger partial charge in [0.25, 0.3) is 0 Å². The summed E-state index contributed by atoms with van der Waals surface area (Å²) in [6, 6.07) is 11.7. The molecule has 0 radical (unpaired) electrons. The van der Waals surface area contributed by atoms with Crippen LogP contribution in [0.2, 0.25) is 0 Å². The molecule has 0 spiro atoms. The zero-order valence-corrected chi connectivity index (χ0v) is 19.4. The molecular formula is C26H22F3N3O5. The second kappa shape index (κ2) is 10.4. The van der Waals surface area contributed by atoms with E-state index in [1.54, 1.807) is 24.4 Å². The molecule has 3 N–H and O–H groups in total. The Morgan fingerprint density at radius 1 is 1.11 bits per heavy atom. The number of ketones is 1. The molecule has 4 rings (SSSR count). The molecule has 37 heavy (non-hydrogen) atoms. The van der Waals surface area contributed by atoms with Crippen molar-refractivity contribution < 1.29 is 37.0 Å². The molecule has 1 heterocycles. The number of nitrogens with two attached hydrogens (primary N) is 1. The average molecular weight is 513 g/mol. The number of H-pyrrole nitrogens is 1. The number of carbonyl (C=O) groups is 3. The number of halogens is 3. The van der Waals surface area contributed by atoms with Gasteiger partial charge < -0.3 is 20.2 Å². The normalized spacial score (nSPS) is 18.2. The molecule has 0 saturated heterocycles. The number of nitrogens with zero attached hydrogens (tertiary/aromatic N) is 1. The molecule has 0 aliphatic heterocycles. The number of alkyl halides is 3. The molecule has 1 aromatic heterocycles. The number of aromatic nitrogens is 1. The van der Waals surface area contributed by atoms with Crippen molar-refractivity contribution in [2.45, 2.75) is 37.9 Å². The number of nitriles is 1. The van der Waals surface area contributed by atoms with E-state index in [-0.39, 0.29) is 35.4 Å². The monoisotopic (exact) mass is 513 g/mol. The maximum Gasteiger partial charge on any atom is 0.491 e. The van der Waals surface area contributed by atoms with Gasteiger partial charge in [0.15, 0.2) is 5.78 Å². The van der Waals surface area contributed by atoms with E-state index < -0.39 is 24.2 Å². The van der Waals surface area contributed by atoms with Crippen LogP contribution in [0.4, 0.5) is 13.2 Å². The average Bonchev–Trinajstić information content (AvgIpc) is 3.50. The predicted octanol–water partition coefficient (Wildman–Crippen LogP) is 4.58. The van der Waals surface area contributed by atoms with Gasteiger partial charge in [0.1, 0.15) is 11.5 Å². The fourth-order valence-corrected chi connectivity index (χ4v) is 4.45. The molecule has 0 bridgehead atoms. The van der Waals surface area contributed by atoms with E-state index in [1.807, 2.05) is 0 Å². The van der Waals surface area contributed by atoms with Gasteiger partial charge in [-0.1, -0.05) is 6.42 Å². The topological polar surface area (TPSA) is 135 Å². The zero-order chi connectivity index (χ0) is 26.7. The number of carbonyl (C=O) groups excluding carboxylic acids is 3. The third-order valence-electron chi connectivity index (χ3n) is 6.33. The van der Waals surface area contributed by atoms with E-state index in [2.05, 4.69) is 15.8 Å². The summed E-state index contributed by atoms with van der Waals surface area (Å²) in [5.74, 6) is -4.06. The van der Waals surface area contributed by atoms with Gasteiger partial charge in [-0.05, 0) is 67.3 Å². The summed E-state index contributed by atoms with van der Waals surface area (Å²) < 4.78 is 46.4. The Labute approximate surface area is 209 Å². The molecule has 3 unspecified atom stereocenters. The first-order valence-electron chi connectivity index (χ1n) is 11.5. The fourth-order valence-electron chi connectivity index (χ4n) is 4.45. The van der Waals surface area contributed by atoms with Crippen LogP contribution in [0, 0.1) is 23.2 Å². The highest BCUT2D eigenvalue weighted by atomic mass is 19.4. The minimum atomic E-state index is -5.28. The highest BCUT2D eigenvalue weighted by molar-refractivity contribution is 5.98. The van der Waals surface area contributed by atoms with Gasteiger partial charge in [0.2, 0.25) is 0 Å². The van der Waals surface area contributed by atoms with Crippen molar-refractivity contribution in [3.05, 3.63) is 59.8 Å². The number of hydrogen-bond acceptors (Lipinski definition) is 7. The van der Waals surface area contributed by atoms with Crippen LogP contribution in [-0.4, -0.2) is 34.9 Å². The highest BCUT2D eigenvalue weighted by Gasteiger charge is 2.42. The van der Waals surface area contributed by atoms with Crippen molar-refractivity contribution >= 4 is 28.6 Å². The lowest BCUT2D eigenvalue weighted by Gasteiger charge is -2.17. The summed E-state index contributed by atoms with van der Waals surface area (Å²) in [6.07, 6.45) is -1.01. The molecule has 11 heteroatoms. The number of hydrogen-bond donors (Lipinski definition) is 2. The molecule has 3 aromatic rings. The van der Waals surface area contributed by atoms with Gasteiger partial charge in [-0.2, -0.15) is 18.4 Å². The Balaban J connectivity index is 1.44. The van der Waals surface area contributed by atoms with Crippen LogP contribution in [0.5, 0.6) is 11.5 Å². The smallest absolute Gasteiger partial charge is 0.457 e.